The molecule has 2 aliphatic rings. The van der Waals surface area contributed by atoms with Crippen LogP contribution in [0.1, 0.15) is 26.7 Å². The maximum absolute atomic E-state index is 12.3. The van der Waals surface area contributed by atoms with Crippen LogP contribution in [0.2, 0.25) is 0 Å². The molecule has 0 radical (unpaired) electrons. The maximum atomic E-state index is 12.3. The van der Waals surface area contributed by atoms with Crippen molar-refractivity contribution in [2.24, 2.45) is 17.8 Å². The Morgan fingerprint density at radius 1 is 1.50 bits per heavy atom. The number of carbonyl (C=O) groups is 2. The molecular weight excluding hydrogens is 232 g/mol. The van der Waals surface area contributed by atoms with Gasteiger partial charge in [0, 0.05) is 13.1 Å². The van der Waals surface area contributed by atoms with Crippen molar-refractivity contribution >= 4 is 11.8 Å². The summed E-state index contributed by atoms with van der Waals surface area (Å²) in [6.45, 7) is 5.50. The standard InChI is InChI=1S/C13H22N2O3/c1-8-3-5-15(6-4-8)13(18)9(2)11-10(7-16)12(17)14-11/h8-11,16H,3-7H2,1-2H3,(H,14,17)/t9-,10-,11-/m1/s1. The van der Waals surface area contributed by atoms with Crippen LogP contribution in [0, 0.1) is 17.8 Å². The van der Waals surface area contributed by atoms with Gasteiger partial charge in [-0.2, -0.15) is 0 Å². The monoisotopic (exact) mass is 254 g/mol. The van der Waals surface area contributed by atoms with Gasteiger partial charge in [-0.1, -0.05) is 13.8 Å². The minimum Gasteiger partial charge on any atom is -0.395 e. The summed E-state index contributed by atoms with van der Waals surface area (Å²) in [5, 5.41) is 11.8. The van der Waals surface area contributed by atoms with Gasteiger partial charge in [0.05, 0.1) is 24.5 Å². The largest absolute Gasteiger partial charge is 0.395 e. The van der Waals surface area contributed by atoms with Gasteiger partial charge in [-0.25, -0.2) is 0 Å². The first-order valence-corrected chi connectivity index (χ1v) is 6.74. The molecule has 0 aromatic carbocycles. The van der Waals surface area contributed by atoms with Crippen LogP contribution >= 0.6 is 0 Å². The highest BCUT2D eigenvalue weighted by molar-refractivity contribution is 5.89. The summed E-state index contributed by atoms with van der Waals surface area (Å²) in [4.78, 5) is 25.4. The molecule has 0 aromatic rings. The Labute approximate surface area is 108 Å². The minimum absolute atomic E-state index is 0.102. The molecule has 2 N–H and O–H groups in total. The maximum Gasteiger partial charge on any atom is 0.227 e. The average molecular weight is 254 g/mol. The van der Waals surface area contributed by atoms with Gasteiger partial charge in [0.1, 0.15) is 0 Å². The zero-order valence-corrected chi connectivity index (χ0v) is 11.1. The zero-order valence-electron chi connectivity index (χ0n) is 11.1. The Bertz CT molecular complexity index is 337. The number of carbonyl (C=O) groups excluding carboxylic acids is 2. The zero-order chi connectivity index (χ0) is 13.3. The molecule has 2 rings (SSSR count). The Kier molecular flexibility index (Phi) is 3.90. The summed E-state index contributed by atoms with van der Waals surface area (Å²) in [6, 6.07) is -0.200. The van der Waals surface area contributed by atoms with E-state index in [9.17, 15) is 9.59 Å². The van der Waals surface area contributed by atoms with Crippen molar-refractivity contribution in [3.05, 3.63) is 0 Å². The summed E-state index contributed by atoms with van der Waals surface area (Å²) in [5.41, 5.74) is 0. The molecule has 3 atom stereocenters. The molecule has 0 aromatic heterocycles. The molecule has 2 fully saturated rings. The molecule has 102 valence electrons. The number of nitrogens with zero attached hydrogens (tertiary/aromatic N) is 1. The molecule has 0 unspecified atom stereocenters. The van der Waals surface area contributed by atoms with Crippen molar-refractivity contribution in [1.82, 2.24) is 10.2 Å². The van der Waals surface area contributed by atoms with Gasteiger partial charge in [0.2, 0.25) is 11.8 Å². The van der Waals surface area contributed by atoms with E-state index in [2.05, 4.69) is 12.2 Å². The first-order chi connectivity index (χ1) is 8.54. The highest BCUT2D eigenvalue weighted by Gasteiger charge is 2.45. The molecule has 2 heterocycles. The van der Waals surface area contributed by atoms with E-state index in [1.807, 2.05) is 11.8 Å². The molecule has 0 spiro atoms. The number of amides is 2. The second kappa shape index (κ2) is 5.26. The van der Waals surface area contributed by atoms with Gasteiger partial charge in [-0.3, -0.25) is 9.59 Å². The third kappa shape index (κ3) is 2.36. The smallest absolute Gasteiger partial charge is 0.227 e. The minimum atomic E-state index is -0.410. The lowest BCUT2D eigenvalue weighted by molar-refractivity contribution is -0.146. The van der Waals surface area contributed by atoms with Crippen molar-refractivity contribution in [2.75, 3.05) is 19.7 Å². The number of piperidine rings is 1. The van der Waals surface area contributed by atoms with Crippen molar-refractivity contribution < 1.29 is 14.7 Å². The third-order valence-electron chi connectivity index (χ3n) is 4.30. The summed E-state index contributed by atoms with van der Waals surface area (Å²) >= 11 is 0. The molecule has 5 nitrogen and oxygen atoms in total. The predicted molar refractivity (Wildman–Crippen MR) is 66.6 cm³/mol. The first kappa shape index (κ1) is 13.3. The van der Waals surface area contributed by atoms with Crippen molar-refractivity contribution in [1.29, 1.82) is 0 Å². The summed E-state index contributed by atoms with van der Waals surface area (Å²) < 4.78 is 0. The van der Waals surface area contributed by atoms with Crippen molar-refractivity contribution in [3.63, 3.8) is 0 Å². The average Bonchev–Trinajstić information content (AvgIpc) is 2.35. The van der Waals surface area contributed by atoms with Crippen LogP contribution in [-0.4, -0.2) is 47.6 Å². The lowest BCUT2D eigenvalue weighted by atomic mass is 9.81. The van der Waals surface area contributed by atoms with Gasteiger partial charge in [0.15, 0.2) is 0 Å². The molecule has 2 saturated heterocycles. The Balaban J connectivity index is 1.91. The highest BCUT2D eigenvalue weighted by atomic mass is 16.3. The number of hydrogen-bond acceptors (Lipinski definition) is 3. The van der Waals surface area contributed by atoms with Crippen LogP contribution in [-0.2, 0) is 9.59 Å². The van der Waals surface area contributed by atoms with Crippen LogP contribution in [0.25, 0.3) is 0 Å². The van der Waals surface area contributed by atoms with E-state index in [1.54, 1.807) is 0 Å². The normalized spacial score (nSPS) is 30.6. The van der Waals surface area contributed by atoms with E-state index in [1.165, 1.54) is 0 Å². The summed E-state index contributed by atoms with van der Waals surface area (Å²) in [6.07, 6.45) is 2.11. The number of aliphatic hydroxyl groups is 1. The Morgan fingerprint density at radius 2 is 2.11 bits per heavy atom. The number of nitrogens with one attached hydrogen (secondary N) is 1. The van der Waals surface area contributed by atoms with E-state index < -0.39 is 5.92 Å². The quantitative estimate of drug-likeness (QED) is 0.696. The van der Waals surface area contributed by atoms with Crippen LogP contribution < -0.4 is 5.32 Å². The lowest BCUT2D eigenvalue weighted by Crippen LogP contribution is -2.64. The second-order valence-electron chi connectivity index (χ2n) is 5.62. The van der Waals surface area contributed by atoms with E-state index in [0.29, 0.717) is 5.92 Å². The second-order valence-corrected chi connectivity index (χ2v) is 5.62. The fraction of sp³-hybridized carbons (Fsp3) is 0.846. The van der Waals surface area contributed by atoms with Gasteiger partial charge in [-0.15, -0.1) is 0 Å². The first-order valence-electron chi connectivity index (χ1n) is 6.74. The van der Waals surface area contributed by atoms with E-state index in [0.717, 1.165) is 25.9 Å². The fourth-order valence-electron chi connectivity index (χ4n) is 2.78. The van der Waals surface area contributed by atoms with Crippen molar-refractivity contribution in [3.8, 4) is 0 Å². The van der Waals surface area contributed by atoms with Crippen LogP contribution in [0.4, 0.5) is 0 Å². The molecule has 0 bridgehead atoms. The van der Waals surface area contributed by atoms with Gasteiger partial charge < -0.3 is 15.3 Å². The predicted octanol–water partition coefficient (Wildman–Crippen LogP) is -0.0121. The number of rotatable bonds is 3. The van der Waals surface area contributed by atoms with E-state index in [-0.39, 0.29) is 30.4 Å². The van der Waals surface area contributed by atoms with Crippen molar-refractivity contribution in [2.45, 2.75) is 32.7 Å². The topological polar surface area (TPSA) is 69.6 Å². The van der Waals surface area contributed by atoms with Crippen LogP contribution in [0.15, 0.2) is 0 Å². The number of likely N-dealkylation sites (tertiary alicyclic amines) is 1. The SMILES string of the molecule is CC1CCN(C(=O)[C@H](C)[C@H]2NC(=O)[C@@H]2CO)CC1. The Hall–Kier alpha value is -1.10. The molecule has 0 aliphatic carbocycles. The third-order valence-corrected chi connectivity index (χ3v) is 4.30. The van der Waals surface area contributed by atoms with Crippen LogP contribution in [0.5, 0.6) is 0 Å². The number of hydrogen-bond donors (Lipinski definition) is 2. The van der Waals surface area contributed by atoms with Gasteiger partial charge in [-0.05, 0) is 18.8 Å². The highest BCUT2D eigenvalue weighted by Crippen LogP contribution is 2.25. The molecule has 0 saturated carbocycles. The Morgan fingerprint density at radius 3 is 2.61 bits per heavy atom. The van der Waals surface area contributed by atoms with E-state index >= 15 is 0 Å². The molecular formula is C13H22N2O3. The van der Waals surface area contributed by atoms with Gasteiger partial charge in [0.25, 0.3) is 0 Å². The number of β-lactam (4-membered cyclic amide) rings is 1. The fourth-order valence-corrected chi connectivity index (χ4v) is 2.78. The van der Waals surface area contributed by atoms with Crippen LogP contribution in [0.3, 0.4) is 0 Å². The number of aliphatic hydroxyl groups excluding tert-OH is 1. The molecule has 2 aliphatic heterocycles. The molecule has 2 amide bonds. The van der Waals surface area contributed by atoms with Gasteiger partial charge >= 0.3 is 0 Å². The molecule has 5 heteroatoms. The van der Waals surface area contributed by atoms with E-state index in [4.69, 9.17) is 5.11 Å². The molecule has 18 heavy (non-hydrogen) atoms. The summed E-state index contributed by atoms with van der Waals surface area (Å²) in [7, 11) is 0. The summed E-state index contributed by atoms with van der Waals surface area (Å²) in [5.74, 6) is -0.00126. The lowest BCUT2D eigenvalue weighted by Gasteiger charge is -2.41.